The molecule has 0 N–H and O–H groups in total. The van der Waals surface area contributed by atoms with Crippen LogP contribution in [0.1, 0.15) is 12.8 Å². The maximum Gasteiger partial charge on any atom is 0.0638 e. The molecule has 1 fully saturated rings. The zero-order valence-electron chi connectivity index (χ0n) is 6.53. The summed E-state index contributed by atoms with van der Waals surface area (Å²) in [7, 11) is 2.05. The van der Waals surface area contributed by atoms with Crippen molar-refractivity contribution in [3.8, 4) is 6.07 Å². The average Bonchev–Trinajstić information content (AvgIpc) is 2.13. The third kappa shape index (κ3) is 2.90. The minimum absolute atomic E-state index is 0. The summed E-state index contributed by atoms with van der Waals surface area (Å²) in [6.45, 7) is 1.02. The molecule has 1 saturated heterocycles. The molecule has 0 bridgehead atoms. The predicted octanol–water partition coefficient (Wildman–Crippen LogP) is 1.32. The van der Waals surface area contributed by atoms with Gasteiger partial charge in [-0.25, -0.2) is 0 Å². The smallest absolute Gasteiger partial charge is 0.0638 e. The third-order valence-electron chi connectivity index (χ3n) is 1.99. The lowest BCUT2D eigenvalue weighted by atomic mass is 10.2. The zero-order chi connectivity index (χ0) is 7.56. The first-order chi connectivity index (χ1) is 4.74. The van der Waals surface area contributed by atoms with E-state index in [0.717, 1.165) is 13.0 Å². The van der Waals surface area contributed by atoms with E-state index >= 15 is 0 Å². The van der Waals surface area contributed by atoms with Crippen molar-refractivity contribution in [2.75, 3.05) is 13.6 Å². The quantitative estimate of drug-likeness (QED) is 0.635. The lowest BCUT2D eigenvalue weighted by Gasteiger charge is -2.14. The van der Waals surface area contributed by atoms with Gasteiger partial charge in [-0.1, -0.05) is 0 Å². The zero-order valence-corrected chi connectivity index (χ0v) is 8.24. The summed E-state index contributed by atoms with van der Waals surface area (Å²) < 4.78 is 0. The van der Waals surface area contributed by atoms with Gasteiger partial charge in [-0.05, 0) is 13.5 Å². The van der Waals surface area contributed by atoms with Crippen LogP contribution >= 0.6 is 25.0 Å². The second-order valence-corrected chi connectivity index (χ2v) is 3.58. The first-order valence-corrected chi connectivity index (χ1v) is 4.01. The van der Waals surface area contributed by atoms with Crippen LogP contribution in [-0.4, -0.2) is 29.8 Å². The molecule has 1 rings (SSSR count). The number of nitriles is 1. The molecule has 1 aliphatic heterocycles. The number of thiol groups is 1. The van der Waals surface area contributed by atoms with Crippen molar-refractivity contribution >= 4 is 25.0 Å². The molecule has 4 heteroatoms. The molecule has 0 radical (unpaired) electrons. The Morgan fingerprint density at radius 1 is 1.73 bits per heavy atom. The highest BCUT2D eigenvalue weighted by molar-refractivity contribution is 7.81. The topological polar surface area (TPSA) is 27.0 Å². The maximum absolute atomic E-state index is 8.43. The van der Waals surface area contributed by atoms with E-state index < -0.39 is 0 Å². The Balaban J connectivity index is 0.000001000. The molecule has 2 nitrogen and oxygen atoms in total. The second kappa shape index (κ2) is 4.87. The Bertz CT molecular complexity index is 157. The predicted molar refractivity (Wildman–Crippen MR) is 51.3 cm³/mol. The molecule has 2 atom stereocenters. The maximum atomic E-state index is 8.43. The van der Waals surface area contributed by atoms with E-state index in [2.05, 4.69) is 30.6 Å². The number of likely N-dealkylation sites (tertiary alicyclic amines) is 1. The molecule has 11 heavy (non-hydrogen) atoms. The van der Waals surface area contributed by atoms with E-state index in [9.17, 15) is 0 Å². The van der Waals surface area contributed by atoms with Crippen molar-refractivity contribution in [2.45, 2.75) is 24.1 Å². The van der Waals surface area contributed by atoms with Crippen molar-refractivity contribution in [1.29, 1.82) is 5.26 Å². The van der Waals surface area contributed by atoms with Crippen LogP contribution in [0.5, 0.6) is 0 Å². The van der Waals surface area contributed by atoms with Gasteiger partial charge in [-0.3, -0.25) is 0 Å². The molecule has 64 valence electrons. The molecule has 0 unspecified atom stereocenters. The molecule has 0 aromatic carbocycles. The lowest BCUT2D eigenvalue weighted by molar-refractivity contribution is 0.315. The van der Waals surface area contributed by atoms with Crippen molar-refractivity contribution in [3.63, 3.8) is 0 Å². The van der Waals surface area contributed by atoms with E-state index in [4.69, 9.17) is 5.26 Å². The molecule has 0 saturated carbocycles. The van der Waals surface area contributed by atoms with E-state index in [1.807, 2.05) is 0 Å². The standard InChI is InChI=1S/C7H12N2S.ClH/c1-9-5-7(10)4-6(9)2-3-8;/h6-7,10H,2,4-5H2,1H3;1H/t6-,7+;/m1./s1. The molecular weight excluding hydrogens is 180 g/mol. The Kier molecular flexibility index (Phi) is 4.91. The molecule has 0 amide bonds. The number of nitrogens with zero attached hydrogens (tertiary/aromatic N) is 2. The van der Waals surface area contributed by atoms with Crippen LogP contribution in [0.15, 0.2) is 0 Å². The second-order valence-electron chi connectivity index (χ2n) is 2.85. The van der Waals surface area contributed by atoms with Crippen LogP contribution in [0.4, 0.5) is 0 Å². The molecule has 0 aliphatic carbocycles. The summed E-state index contributed by atoms with van der Waals surface area (Å²) in [5.74, 6) is 0. The molecule has 0 spiro atoms. The van der Waals surface area contributed by atoms with E-state index in [0.29, 0.717) is 17.7 Å². The molecule has 0 aromatic heterocycles. The molecule has 0 aromatic rings. The van der Waals surface area contributed by atoms with E-state index in [1.54, 1.807) is 0 Å². The number of hydrogen-bond acceptors (Lipinski definition) is 3. The monoisotopic (exact) mass is 192 g/mol. The van der Waals surface area contributed by atoms with Crippen LogP contribution in [-0.2, 0) is 0 Å². The van der Waals surface area contributed by atoms with Gasteiger partial charge >= 0.3 is 0 Å². The van der Waals surface area contributed by atoms with Gasteiger partial charge in [-0.2, -0.15) is 17.9 Å². The first-order valence-electron chi connectivity index (χ1n) is 3.49. The van der Waals surface area contributed by atoms with Gasteiger partial charge in [0.2, 0.25) is 0 Å². The number of hydrogen-bond donors (Lipinski definition) is 1. The summed E-state index contributed by atoms with van der Waals surface area (Å²) >= 11 is 4.35. The Labute approximate surface area is 79.4 Å². The van der Waals surface area contributed by atoms with Gasteiger partial charge in [0.1, 0.15) is 0 Å². The minimum atomic E-state index is 0. The Morgan fingerprint density at radius 3 is 2.73 bits per heavy atom. The van der Waals surface area contributed by atoms with Gasteiger partial charge in [0.25, 0.3) is 0 Å². The highest BCUT2D eigenvalue weighted by atomic mass is 35.5. The number of rotatable bonds is 1. The van der Waals surface area contributed by atoms with Gasteiger partial charge in [0.05, 0.1) is 12.5 Å². The van der Waals surface area contributed by atoms with E-state index in [-0.39, 0.29) is 12.4 Å². The minimum Gasteiger partial charge on any atom is -0.301 e. The fraction of sp³-hybridized carbons (Fsp3) is 0.857. The lowest BCUT2D eigenvalue weighted by Crippen LogP contribution is -2.24. The fourth-order valence-electron chi connectivity index (χ4n) is 1.39. The van der Waals surface area contributed by atoms with E-state index in [1.165, 1.54) is 0 Å². The normalized spacial score (nSPS) is 31.0. The summed E-state index contributed by atoms with van der Waals surface area (Å²) in [4.78, 5) is 2.21. The Hall–Kier alpha value is 0.0900. The van der Waals surface area contributed by atoms with Gasteiger partial charge in [0, 0.05) is 17.8 Å². The number of halogens is 1. The van der Waals surface area contributed by atoms with Crippen LogP contribution in [0, 0.1) is 11.3 Å². The summed E-state index contributed by atoms with van der Waals surface area (Å²) in [6.07, 6.45) is 1.71. The Morgan fingerprint density at radius 2 is 2.36 bits per heavy atom. The summed E-state index contributed by atoms with van der Waals surface area (Å²) in [6, 6.07) is 2.64. The molecule has 1 heterocycles. The van der Waals surface area contributed by atoms with Gasteiger partial charge in [0.15, 0.2) is 0 Å². The average molecular weight is 193 g/mol. The van der Waals surface area contributed by atoms with Gasteiger partial charge < -0.3 is 4.90 Å². The van der Waals surface area contributed by atoms with Crippen molar-refractivity contribution in [2.24, 2.45) is 0 Å². The first kappa shape index (κ1) is 11.1. The molecular formula is C7H13ClN2S. The van der Waals surface area contributed by atoms with Crippen molar-refractivity contribution < 1.29 is 0 Å². The SMILES string of the molecule is CN1C[C@@H](S)C[C@H]1CC#N.Cl. The highest BCUT2D eigenvalue weighted by Gasteiger charge is 2.26. The molecule has 1 aliphatic rings. The van der Waals surface area contributed by atoms with Crippen LogP contribution in [0.25, 0.3) is 0 Å². The fourth-order valence-corrected chi connectivity index (χ4v) is 1.90. The van der Waals surface area contributed by atoms with Crippen LogP contribution in [0.2, 0.25) is 0 Å². The third-order valence-corrected chi connectivity index (χ3v) is 2.37. The van der Waals surface area contributed by atoms with Gasteiger partial charge in [-0.15, -0.1) is 12.4 Å². The van der Waals surface area contributed by atoms with Crippen molar-refractivity contribution in [3.05, 3.63) is 0 Å². The van der Waals surface area contributed by atoms with Crippen LogP contribution in [0.3, 0.4) is 0 Å². The largest absolute Gasteiger partial charge is 0.301 e. The summed E-state index contributed by atoms with van der Waals surface area (Å²) in [5.41, 5.74) is 0. The summed E-state index contributed by atoms with van der Waals surface area (Å²) in [5, 5.41) is 8.90. The van der Waals surface area contributed by atoms with Crippen molar-refractivity contribution in [1.82, 2.24) is 4.90 Å². The van der Waals surface area contributed by atoms with Crippen LogP contribution < -0.4 is 0 Å². The highest BCUT2D eigenvalue weighted by Crippen LogP contribution is 2.21.